The van der Waals surface area contributed by atoms with Crippen molar-refractivity contribution < 1.29 is 0 Å². The third kappa shape index (κ3) is 3.46. The van der Waals surface area contributed by atoms with Crippen molar-refractivity contribution in [2.45, 2.75) is 45.1 Å². The minimum atomic E-state index is 0.872. The first kappa shape index (κ1) is 11.4. The molecule has 0 amide bonds. The van der Waals surface area contributed by atoms with Gasteiger partial charge in [-0.1, -0.05) is 13.3 Å². The molecule has 3 atom stereocenters. The van der Waals surface area contributed by atoms with Crippen molar-refractivity contribution in [3.05, 3.63) is 0 Å². The van der Waals surface area contributed by atoms with E-state index < -0.39 is 0 Å². The maximum atomic E-state index is 3.76. The highest BCUT2D eigenvalue weighted by molar-refractivity contribution is 4.93. The summed E-state index contributed by atoms with van der Waals surface area (Å²) in [6.45, 7) is 6.16. The lowest BCUT2D eigenvalue weighted by Gasteiger charge is -2.29. The third-order valence-corrected chi connectivity index (χ3v) is 3.97. The molecule has 1 saturated heterocycles. The molecule has 1 aliphatic carbocycles. The zero-order valence-electron chi connectivity index (χ0n) is 10.3. The number of piperidine rings is 1. The molecular weight excluding hydrogens is 184 g/mol. The fourth-order valence-electron chi connectivity index (χ4n) is 2.95. The van der Waals surface area contributed by atoms with Crippen molar-refractivity contribution in [1.82, 2.24) is 10.2 Å². The van der Waals surface area contributed by atoms with Crippen LogP contribution in [0.1, 0.15) is 39.0 Å². The van der Waals surface area contributed by atoms with Crippen molar-refractivity contribution in [3.8, 4) is 0 Å². The van der Waals surface area contributed by atoms with Gasteiger partial charge < -0.3 is 10.2 Å². The van der Waals surface area contributed by atoms with Gasteiger partial charge in [-0.05, 0) is 57.7 Å². The van der Waals surface area contributed by atoms with Crippen LogP contribution in [0.15, 0.2) is 0 Å². The van der Waals surface area contributed by atoms with Gasteiger partial charge in [0.2, 0.25) is 0 Å². The van der Waals surface area contributed by atoms with Crippen LogP contribution in [-0.4, -0.2) is 37.6 Å². The fourth-order valence-corrected chi connectivity index (χ4v) is 2.95. The van der Waals surface area contributed by atoms with Crippen LogP contribution in [0.4, 0.5) is 0 Å². The predicted octanol–water partition coefficient (Wildman–Crippen LogP) is 2.11. The molecule has 0 aromatic carbocycles. The summed E-state index contributed by atoms with van der Waals surface area (Å²) in [5, 5.41) is 3.76. The van der Waals surface area contributed by atoms with Gasteiger partial charge in [-0.3, -0.25) is 0 Å². The number of likely N-dealkylation sites (tertiary alicyclic amines) is 1. The van der Waals surface area contributed by atoms with E-state index >= 15 is 0 Å². The lowest BCUT2D eigenvalue weighted by atomic mass is 9.98. The molecule has 2 aliphatic rings. The molecule has 0 bridgehead atoms. The minimum Gasteiger partial charge on any atom is -0.313 e. The van der Waals surface area contributed by atoms with E-state index in [9.17, 15) is 0 Å². The molecule has 3 unspecified atom stereocenters. The maximum absolute atomic E-state index is 3.76. The standard InChI is InChI=1S/C13H26N2/c1-3-5-12-8-13(12)14-9-11-6-4-7-15(2)10-11/h11-14H,3-10H2,1-2H3. The van der Waals surface area contributed by atoms with Gasteiger partial charge in [0.1, 0.15) is 0 Å². The van der Waals surface area contributed by atoms with Gasteiger partial charge in [-0.25, -0.2) is 0 Å². The summed E-state index contributed by atoms with van der Waals surface area (Å²) in [6.07, 6.45) is 7.06. The van der Waals surface area contributed by atoms with Crippen LogP contribution in [0.2, 0.25) is 0 Å². The van der Waals surface area contributed by atoms with Gasteiger partial charge >= 0.3 is 0 Å². The number of rotatable bonds is 5. The first-order valence-corrected chi connectivity index (χ1v) is 6.71. The molecule has 0 aromatic rings. The molecule has 1 N–H and O–H groups in total. The molecule has 0 aromatic heterocycles. The SMILES string of the molecule is CCCC1CC1NCC1CCCN(C)C1. The highest BCUT2D eigenvalue weighted by atomic mass is 15.1. The second kappa shape index (κ2) is 5.31. The fraction of sp³-hybridized carbons (Fsp3) is 1.00. The van der Waals surface area contributed by atoms with Gasteiger partial charge in [0.25, 0.3) is 0 Å². The van der Waals surface area contributed by atoms with Crippen LogP contribution in [0.3, 0.4) is 0 Å². The van der Waals surface area contributed by atoms with Gasteiger partial charge in [0.05, 0.1) is 0 Å². The average Bonchev–Trinajstić information content (AvgIpc) is 2.95. The highest BCUT2D eigenvalue weighted by Gasteiger charge is 2.35. The smallest absolute Gasteiger partial charge is 0.00992 e. The van der Waals surface area contributed by atoms with Crippen LogP contribution in [0.25, 0.3) is 0 Å². The maximum Gasteiger partial charge on any atom is 0.00992 e. The molecule has 0 radical (unpaired) electrons. The first-order chi connectivity index (χ1) is 7.29. The zero-order chi connectivity index (χ0) is 10.7. The molecule has 2 nitrogen and oxygen atoms in total. The summed E-state index contributed by atoms with van der Waals surface area (Å²) < 4.78 is 0. The van der Waals surface area contributed by atoms with Crippen molar-refractivity contribution in [1.29, 1.82) is 0 Å². The van der Waals surface area contributed by atoms with Crippen molar-refractivity contribution in [2.24, 2.45) is 11.8 Å². The topological polar surface area (TPSA) is 15.3 Å². The summed E-state index contributed by atoms with van der Waals surface area (Å²) >= 11 is 0. The van der Waals surface area contributed by atoms with E-state index in [2.05, 4.69) is 24.2 Å². The summed E-state index contributed by atoms with van der Waals surface area (Å²) in [6, 6.07) is 0.872. The second-order valence-electron chi connectivity index (χ2n) is 5.57. The Kier molecular flexibility index (Phi) is 4.04. The molecule has 1 aliphatic heterocycles. The summed E-state index contributed by atoms with van der Waals surface area (Å²) in [5.74, 6) is 1.92. The summed E-state index contributed by atoms with van der Waals surface area (Å²) in [4.78, 5) is 2.48. The Morgan fingerprint density at radius 2 is 2.27 bits per heavy atom. The van der Waals surface area contributed by atoms with Gasteiger partial charge in [0, 0.05) is 12.6 Å². The minimum absolute atomic E-state index is 0.872. The molecular formula is C13H26N2. The molecule has 2 rings (SSSR count). The van der Waals surface area contributed by atoms with Crippen LogP contribution in [0, 0.1) is 11.8 Å². The molecule has 15 heavy (non-hydrogen) atoms. The molecule has 2 heteroatoms. The monoisotopic (exact) mass is 210 g/mol. The largest absolute Gasteiger partial charge is 0.313 e. The van der Waals surface area contributed by atoms with E-state index in [1.165, 1.54) is 51.7 Å². The number of hydrogen-bond acceptors (Lipinski definition) is 2. The van der Waals surface area contributed by atoms with E-state index in [0.29, 0.717) is 0 Å². The Hall–Kier alpha value is -0.0800. The van der Waals surface area contributed by atoms with Crippen LogP contribution >= 0.6 is 0 Å². The van der Waals surface area contributed by atoms with E-state index in [-0.39, 0.29) is 0 Å². The zero-order valence-corrected chi connectivity index (χ0v) is 10.3. The summed E-state index contributed by atoms with van der Waals surface area (Å²) in [5.41, 5.74) is 0. The van der Waals surface area contributed by atoms with Crippen molar-refractivity contribution >= 4 is 0 Å². The van der Waals surface area contributed by atoms with E-state index in [1.54, 1.807) is 0 Å². The van der Waals surface area contributed by atoms with Crippen molar-refractivity contribution in [3.63, 3.8) is 0 Å². The molecule has 88 valence electrons. The van der Waals surface area contributed by atoms with Gasteiger partial charge in [-0.2, -0.15) is 0 Å². The quantitative estimate of drug-likeness (QED) is 0.747. The van der Waals surface area contributed by atoms with E-state index in [1.807, 2.05) is 0 Å². The number of hydrogen-bond donors (Lipinski definition) is 1. The van der Waals surface area contributed by atoms with E-state index in [4.69, 9.17) is 0 Å². The predicted molar refractivity (Wildman–Crippen MR) is 65.0 cm³/mol. The Balaban J connectivity index is 1.58. The second-order valence-corrected chi connectivity index (χ2v) is 5.57. The lowest BCUT2D eigenvalue weighted by molar-refractivity contribution is 0.205. The Labute approximate surface area is 94.4 Å². The molecule has 0 spiro atoms. The normalized spacial score (nSPS) is 36.8. The number of nitrogens with zero attached hydrogens (tertiary/aromatic N) is 1. The van der Waals surface area contributed by atoms with Gasteiger partial charge in [-0.15, -0.1) is 0 Å². The number of nitrogens with one attached hydrogen (secondary N) is 1. The third-order valence-electron chi connectivity index (χ3n) is 3.97. The van der Waals surface area contributed by atoms with Crippen LogP contribution in [-0.2, 0) is 0 Å². The van der Waals surface area contributed by atoms with Gasteiger partial charge in [0.15, 0.2) is 0 Å². The Bertz CT molecular complexity index is 193. The molecule has 1 saturated carbocycles. The van der Waals surface area contributed by atoms with Crippen LogP contribution in [0.5, 0.6) is 0 Å². The van der Waals surface area contributed by atoms with Crippen molar-refractivity contribution in [2.75, 3.05) is 26.7 Å². The molecule has 1 heterocycles. The highest BCUT2D eigenvalue weighted by Crippen LogP contribution is 2.34. The van der Waals surface area contributed by atoms with Crippen LogP contribution < -0.4 is 5.32 Å². The Morgan fingerprint density at radius 1 is 1.40 bits per heavy atom. The summed E-state index contributed by atoms with van der Waals surface area (Å²) in [7, 11) is 2.25. The van der Waals surface area contributed by atoms with E-state index in [0.717, 1.165) is 17.9 Å². The average molecular weight is 210 g/mol. The first-order valence-electron chi connectivity index (χ1n) is 6.71. The molecule has 2 fully saturated rings. The Morgan fingerprint density at radius 3 is 3.00 bits per heavy atom. The lowest BCUT2D eigenvalue weighted by Crippen LogP contribution is -2.38.